The first-order valence-electron chi connectivity index (χ1n) is 11.1. The van der Waals surface area contributed by atoms with Gasteiger partial charge in [0, 0.05) is 52.8 Å². The SMILES string of the molecule is COc1ccc(C(=O)N2CCC3(CC2)CC[C@@]2(C(=O)N(C)C)CN(C(C)=O)C[C@@H]32)cc1. The van der Waals surface area contributed by atoms with Gasteiger partial charge < -0.3 is 19.4 Å². The van der Waals surface area contributed by atoms with Gasteiger partial charge in [-0.25, -0.2) is 0 Å². The molecule has 3 aliphatic rings. The van der Waals surface area contributed by atoms with Crippen molar-refractivity contribution in [1.82, 2.24) is 14.7 Å². The van der Waals surface area contributed by atoms with Crippen LogP contribution >= 0.6 is 0 Å². The van der Waals surface area contributed by atoms with Crippen LogP contribution in [0.4, 0.5) is 0 Å². The zero-order chi connectivity index (χ0) is 22.4. The maximum atomic E-state index is 13.3. The molecule has 31 heavy (non-hydrogen) atoms. The fraction of sp³-hybridized carbons (Fsp3) is 0.625. The van der Waals surface area contributed by atoms with Crippen LogP contribution in [0.3, 0.4) is 0 Å². The van der Waals surface area contributed by atoms with Gasteiger partial charge in [-0.2, -0.15) is 0 Å². The van der Waals surface area contributed by atoms with Gasteiger partial charge in [-0.05, 0) is 61.3 Å². The summed E-state index contributed by atoms with van der Waals surface area (Å²) in [6.45, 7) is 4.15. The first-order valence-corrected chi connectivity index (χ1v) is 11.1. The van der Waals surface area contributed by atoms with Gasteiger partial charge in [0.15, 0.2) is 0 Å². The highest BCUT2D eigenvalue weighted by Gasteiger charge is 2.65. The highest BCUT2D eigenvalue weighted by atomic mass is 16.5. The van der Waals surface area contributed by atoms with Crippen molar-refractivity contribution in [3.63, 3.8) is 0 Å². The summed E-state index contributed by atoms with van der Waals surface area (Å²) in [7, 11) is 5.23. The minimum absolute atomic E-state index is 0.0204. The van der Waals surface area contributed by atoms with Crippen LogP contribution in [0.2, 0.25) is 0 Å². The van der Waals surface area contributed by atoms with Crippen molar-refractivity contribution < 1.29 is 19.1 Å². The van der Waals surface area contributed by atoms with Crippen LogP contribution in [0.25, 0.3) is 0 Å². The number of carbonyl (C=O) groups is 3. The van der Waals surface area contributed by atoms with Crippen LogP contribution in [0.1, 0.15) is 43.0 Å². The number of carbonyl (C=O) groups excluding carboxylic acids is 3. The first kappa shape index (κ1) is 21.7. The normalized spacial score (nSPS) is 26.6. The van der Waals surface area contributed by atoms with Crippen LogP contribution in [0.5, 0.6) is 5.75 Å². The summed E-state index contributed by atoms with van der Waals surface area (Å²) >= 11 is 0. The Morgan fingerprint density at radius 3 is 2.19 bits per heavy atom. The number of amides is 3. The highest BCUT2D eigenvalue weighted by Crippen LogP contribution is 2.62. The van der Waals surface area contributed by atoms with Gasteiger partial charge in [0.2, 0.25) is 11.8 Å². The number of hydrogen-bond donors (Lipinski definition) is 0. The quantitative estimate of drug-likeness (QED) is 0.742. The maximum Gasteiger partial charge on any atom is 0.253 e. The largest absolute Gasteiger partial charge is 0.497 e. The molecular formula is C24H33N3O4. The van der Waals surface area contributed by atoms with Crippen molar-refractivity contribution in [2.24, 2.45) is 16.7 Å². The molecule has 0 bridgehead atoms. The molecule has 1 aromatic rings. The zero-order valence-corrected chi connectivity index (χ0v) is 19.0. The van der Waals surface area contributed by atoms with Crippen molar-refractivity contribution in [2.75, 3.05) is 47.4 Å². The summed E-state index contributed by atoms with van der Waals surface area (Å²) in [6, 6.07) is 7.24. The molecule has 2 atom stereocenters. The molecule has 0 unspecified atom stereocenters. The molecule has 1 spiro atoms. The molecule has 1 aromatic carbocycles. The van der Waals surface area contributed by atoms with E-state index in [9.17, 15) is 14.4 Å². The second-order valence-electron chi connectivity index (χ2n) is 9.69. The summed E-state index contributed by atoms with van der Waals surface area (Å²) in [5.74, 6) is 1.13. The topological polar surface area (TPSA) is 70.2 Å². The Bertz CT molecular complexity index is 873. The second kappa shape index (κ2) is 7.84. The fourth-order valence-corrected chi connectivity index (χ4v) is 6.27. The Labute approximate surface area is 184 Å². The Morgan fingerprint density at radius 2 is 1.65 bits per heavy atom. The molecule has 7 nitrogen and oxygen atoms in total. The summed E-state index contributed by atoms with van der Waals surface area (Å²) in [5.41, 5.74) is 0.216. The van der Waals surface area contributed by atoms with E-state index >= 15 is 0 Å². The van der Waals surface area contributed by atoms with Crippen LogP contribution in [-0.4, -0.2) is 79.8 Å². The van der Waals surface area contributed by atoms with Gasteiger partial charge in [0.25, 0.3) is 5.91 Å². The molecule has 3 amide bonds. The summed E-state index contributed by atoms with van der Waals surface area (Å²) in [6.07, 6.45) is 3.58. The van der Waals surface area contributed by atoms with Gasteiger partial charge in [0.05, 0.1) is 12.5 Å². The van der Waals surface area contributed by atoms with Gasteiger partial charge in [-0.3, -0.25) is 14.4 Å². The third kappa shape index (κ3) is 3.48. The molecule has 2 heterocycles. The third-order valence-electron chi connectivity index (χ3n) is 8.01. The molecule has 2 aliphatic heterocycles. The average Bonchev–Trinajstić information content (AvgIpc) is 3.31. The molecule has 1 saturated carbocycles. The minimum atomic E-state index is -0.475. The number of ether oxygens (including phenoxy) is 1. The number of hydrogen-bond acceptors (Lipinski definition) is 4. The van der Waals surface area contributed by atoms with E-state index in [1.54, 1.807) is 18.9 Å². The molecular weight excluding hydrogens is 394 g/mol. The Hall–Kier alpha value is -2.57. The number of benzene rings is 1. The lowest BCUT2D eigenvalue weighted by atomic mass is 9.65. The smallest absolute Gasteiger partial charge is 0.253 e. The second-order valence-corrected chi connectivity index (χ2v) is 9.69. The third-order valence-corrected chi connectivity index (χ3v) is 8.01. The molecule has 7 heteroatoms. The lowest BCUT2D eigenvalue weighted by molar-refractivity contribution is -0.141. The number of rotatable bonds is 3. The number of methoxy groups -OCH3 is 1. The maximum absolute atomic E-state index is 13.3. The van der Waals surface area contributed by atoms with E-state index in [2.05, 4.69) is 0 Å². The van der Waals surface area contributed by atoms with E-state index < -0.39 is 5.41 Å². The minimum Gasteiger partial charge on any atom is -0.497 e. The standard InChI is InChI=1S/C24H33N3O4/c1-17(28)27-15-20-23(9-10-24(20,16-27)22(30)25(2)3)11-13-26(14-12-23)21(29)18-5-7-19(31-4)8-6-18/h5-8,20H,9-16H2,1-4H3/t20-,24+/m0/s1. The Kier molecular flexibility index (Phi) is 5.48. The van der Waals surface area contributed by atoms with Crippen molar-refractivity contribution in [3.8, 4) is 5.75 Å². The Morgan fingerprint density at radius 1 is 1.00 bits per heavy atom. The van der Waals surface area contributed by atoms with E-state index in [4.69, 9.17) is 4.74 Å². The first-order chi connectivity index (χ1) is 14.7. The van der Waals surface area contributed by atoms with Crippen LogP contribution in [0, 0.1) is 16.7 Å². The molecule has 2 saturated heterocycles. The summed E-state index contributed by atoms with van der Waals surface area (Å²) in [5, 5.41) is 0. The molecule has 0 radical (unpaired) electrons. The molecule has 168 valence electrons. The van der Waals surface area contributed by atoms with Crippen molar-refractivity contribution in [3.05, 3.63) is 29.8 Å². The molecule has 4 rings (SSSR count). The number of nitrogens with zero attached hydrogens (tertiary/aromatic N) is 3. The van der Waals surface area contributed by atoms with E-state index in [-0.39, 0.29) is 29.1 Å². The highest BCUT2D eigenvalue weighted by molar-refractivity contribution is 5.94. The molecule has 0 aromatic heterocycles. The molecule has 0 N–H and O–H groups in total. The van der Waals surface area contributed by atoms with Gasteiger partial charge in [-0.15, -0.1) is 0 Å². The lowest BCUT2D eigenvalue weighted by Gasteiger charge is -2.44. The zero-order valence-electron chi connectivity index (χ0n) is 19.0. The fourth-order valence-electron chi connectivity index (χ4n) is 6.27. The van der Waals surface area contributed by atoms with Crippen molar-refractivity contribution in [2.45, 2.75) is 32.6 Å². The number of fused-ring (bicyclic) bond motifs is 2. The predicted molar refractivity (Wildman–Crippen MR) is 117 cm³/mol. The van der Waals surface area contributed by atoms with Gasteiger partial charge in [-0.1, -0.05) is 0 Å². The predicted octanol–water partition coefficient (Wildman–Crippen LogP) is 2.26. The van der Waals surface area contributed by atoms with E-state index in [0.717, 1.165) is 31.4 Å². The number of piperidine rings is 1. The van der Waals surface area contributed by atoms with E-state index in [1.807, 2.05) is 48.2 Å². The average molecular weight is 428 g/mol. The van der Waals surface area contributed by atoms with Crippen LogP contribution in [0.15, 0.2) is 24.3 Å². The van der Waals surface area contributed by atoms with E-state index in [1.165, 1.54) is 0 Å². The monoisotopic (exact) mass is 427 g/mol. The summed E-state index contributed by atoms with van der Waals surface area (Å²) < 4.78 is 5.18. The van der Waals surface area contributed by atoms with Gasteiger partial charge >= 0.3 is 0 Å². The van der Waals surface area contributed by atoms with Gasteiger partial charge in [0.1, 0.15) is 5.75 Å². The van der Waals surface area contributed by atoms with Crippen LogP contribution < -0.4 is 4.74 Å². The van der Waals surface area contributed by atoms with E-state index in [0.29, 0.717) is 31.7 Å². The molecule has 1 aliphatic carbocycles. The van der Waals surface area contributed by atoms with Crippen LogP contribution in [-0.2, 0) is 9.59 Å². The van der Waals surface area contributed by atoms with Crippen molar-refractivity contribution >= 4 is 17.7 Å². The summed E-state index contributed by atoms with van der Waals surface area (Å²) in [4.78, 5) is 43.9. The van der Waals surface area contributed by atoms with Crippen molar-refractivity contribution in [1.29, 1.82) is 0 Å². The lowest BCUT2D eigenvalue weighted by Crippen LogP contribution is -2.49. The Balaban J connectivity index is 1.51. The molecule has 3 fully saturated rings. The number of likely N-dealkylation sites (tertiary alicyclic amines) is 2.